The summed E-state index contributed by atoms with van der Waals surface area (Å²) < 4.78 is 20.2. The molecule has 0 fully saturated rings. The zero-order valence-electron chi connectivity index (χ0n) is 9.93. The lowest BCUT2D eigenvalue weighted by molar-refractivity contribution is 0.0693. The van der Waals surface area contributed by atoms with Crippen LogP contribution >= 0.6 is 15.9 Å². The average molecular weight is 329 g/mol. The van der Waals surface area contributed by atoms with Crippen molar-refractivity contribution in [3.05, 3.63) is 45.9 Å². The van der Waals surface area contributed by atoms with E-state index in [2.05, 4.69) is 21.0 Å². The van der Waals surface area contributed by atoms with Gasteiger partial charge in [-0.25, -0.2) is 9.18 Å². The number of carbonyl (C=O) groups is 1. The second-order valence-electron chi connectivity index (χ2n) is 3.80. The molecule has 19 heavy (non-hydrogen) atoms. The average Bonchev–Trinajstić information content (AvgIpc) is 2.72. The highest BCUT2D eigenvalue weighted by molar-refractivity contribution is 9.10. The van der Waals surface area contributed by atoms with Gasteiger partial charge in [0.25, 0.3) is 0 Å². The third-order valence-corrected chi connectivity index (χ3v) is 3.17. The Morgan fingerprint density at radius 1 is 1.58 bits per heavy atom. The lowest BCUT2D eigenvalue weighted by Gasteiger charge is -2.08. The molecule has 1 N–H and O–H groups in total. The molecular weight excluding hydrogens is 319 g/mol. The summed E-state index contributed by atoms with van der Waals surface area (Å²) in [5, 5.41) is 12.9. The van der Waals surface area contributed by atoms with Crippen molar-refractivity contribution in [2.75, 3.05) is 0 Å². The smallest absolute Gasteiger partial charge is 0.339 e. The lowest BCUT2D eigenvalue weighted by atomic mass is 10.2. The SMILES string of the molecule is Cn1ncc(C(=O)O)c1COc1ccc(F)c(Br)c1. The van der Waals surface area contributed by atoms with Gasteiger partial charge in [0.1, 0.15) is 23.7 Å². The van der Waals surface area contributed by atoms with Crippen molar-refractivity contribution in [3.63, 3.8) is 0 Å². The first-order valence-electron chi connectivity index (χ1n) is 5.31. The van der Waals surface area contributed by atoms with E-state index in [9.17, 15) is 9.18 Å². The highest BCUT2D eigenvalue weighted by Crippen LogP contribution is 2.22. The fraction of sp³-hybridized carbons (Fsp3) is 0.167. The Morgan fingerprint density at radius 3 is 2.95 bits per heavy atom. The Balaban J connectivity index is 2.16. The summed E-state index contributed by atoms with van der Waals surface area (Å²) in [6.07, 6.45) is 1.27. The largest absolute Gasteiger partial charge is 0.487 e. The third kappa shape index (κ3) is 2.93. The van der Waals surface area contributed by atoms with Gasteiger partial charge in [0, 0.05) is 7.05 Å². The number of aryl methyl sites for hydroxylation is 1. The number of hydrogen-bond donors (Lipinski definition) is 1. The van der Waals surface area contributed by atoms with E-state index in [0.29, 0.717) is 11.4 Å². The first-order chi connectivity index (χ1) is 8.99. The van der Waals surface area contributed by atoms with Crippen LogP contribution < -0.4 is 4.74 Å². The van der Waals surface area contributed by atoms with Crippen molar-refractivity contribution in [1.29, 1.82) is 0 Å². The molecule has 0 unspecified atom stereocenters. The molecule has 0 amide bonds. The van der Waals surface area contributed by atoms with Gasteiger partial charge >= 0.3 is 5.97 Å². The summed E-state index contributed by atoms with van der Waals surface area (Å²) >= 11 is 3.05. The second-order valence-corrected chi connectivity index (χ2v) is 4.65. The van der Waals surface area contributed by atoms with Gasteiger partial charge in [-0.15, -0.1) is 0 Å². The number of carboxylic acid groups (broad SMARTS) is 1. The fourth-order valence-corrected chi connectivity index (χ4v) is 1.89. The van der Waals surface area contributed by atoms with Gasteiger partial charge < -0.3 is 9.84 Å². The first kappa shape index (κ1) is 13.5. The molecule has 0 spiro atoms. The van der Waals surface area contributed by atoms with Gasteiger partial charge in [0.2, 0.25) is 0 Å². The van der Waals surface area contributed by atoms with E-state index in [0.717, 1.165) is 0 Å². The minimum absolute atomic E-state index is 0.0379. The summed E-state index contributed by atoms with van der Waals surface area (Å²) in [6, 6.07) is 4.21. The number of halogens is 2. The van der Waals surface area contributed by atoms with Crippen molar-refractivity contribution in [3.8, 4) is 5.75 Å². The maximum absolute atomic E-state index is 13.1. The van der Waals surface area contributed by atoms with E-state index >= 15 is 0 Å². The zero-order valence-corrected chi connectivity index (χ0v) is 11.5. The number of rotatable bonds is 4. The lowest BCUT2D eigenvalue weighted by Crippen LogP contribution is -2.08. The summed E-state index contributed by atoms with van der Waals surface area (Å²) in [6.45, 7) is 0.0379. The minimum atomic E-state index is -1.06. The van der Waals surface area contributed by atoms with Gasteiger partial charge in [0.15, 0.2) is 0 Å². The van der Waals surface area contributed by atoms with E-state index < -0.39 is 5.97 Å². The standard InChI is InChI=1S/C12H10BrFN2O3/c1-16-11(8(5-15-16)12(17)18)6-19-7-2-3-10(14)9(13)4-7/h2-5H,6H2,1H3,(H,17,18). The molecular formula is C12H10BrFN2O3. The molecule has 0 saturated heterocycles. The molecule has 0 radical (unpaired) electrons. The highest BCUT2D eigenvalue weighted by atomic mass is 79.9. The van der Waals surface area contributed by atoms with E-state index in [1.54, 1.807) is 7.05 Å². The van der Waals surface area contributed by atoms with Gasteiger partial charge in [-0.3, -0.25) is 4.68 Å². The van der Waals surface area contributed by atoms with E-state index in [4.69, 9.17) is 9.84 Å². The second kappa shape index (κ2) is 5.40. The van der Waals surface area contributed by atoms with Crippen LogP contribution in [-0.2, 0) is 13.7 Å². The molecule has 1 aromatic heterocycles. The van der Waals surface area contributed by atoms with E-state index in [1.165, 1.54) is 29.1 Å². The first-order valence-corrected chi connectivity index (χ1v) is 6.10. The number of hydrogen-bond acceptors (Lipinski definition) is 3. The van der Waals surface area contributed by atoms with Crippen LogP contribution in [0.3, 0.4) is 0 Å². The maximum Gasteiger partial charge on any atom is 0.339 e. The molecule has 0 aliphatic heterocycles. The van der Waals surface area contributed by atoms with E-state index in [-0.39, 0.29) is 22.5 Å². The Labute approximate surface area is 116 Å². The Bertz CT molecular complexity index is 627. The monoisotopic (exact) mass is 328 g/mol. The van der Waals surface area contributed by atoms with Crippen LogP contribution in [-0.4, -0.2) is 20.9 Å². The molecule has 1 aromatic carbocycles. The Morgan fingerprint density at radius 2 is 2.32 bits per heavy atom. The van der Waals surface area contributed by atoms with Crippen LogP contribution in [0.5, 0.6) is 5.75 Å². The number of aromatic carboxylic acids is 1. The maximum atomic E-state index is 13.1. The Hall–Kier alpha value is -1.89. The topological polar surface area (TPSA) is 64.4 Å². The zero-order chi connectivity index (χ0) is 14.0. The summed E-state index contributed by atoms with van der Waals surface area (Å²) in [4.78, 5) is 11.0. The number of ether oxygens (including phenoxy) is 1. The summed E-state index contributed by atoms with van der Waals surface area (Å²) in [7, 11) is 1.63. The van der Waals surface area contributed by atoms with Crippen LogP contribution in [0, 0.1) is 5.82 Å². The molecule has 0 aliphatic carbocycles. The van der Waals surface area contributed by atoms with Gasteiger partial charge in [-0.1, -0.05) is 0 Å². The fourth-order valence-electron chi connectivity index (χ4n) is 1.53. The minimum Gasteiger partial charge on any atom is -0.487 e. The molecule has 7 heteroatoms. The van der Waals surface area contributed by atoms with Crippen molar-refractivity contribution in [2.45, 2.75) is 6.61 Å². The van der Waals surface area contributed by atoms with Crippen molar-refractivity contribution in [2.24, 2.45) is 7.05 Å². The van der Waals surface area contributed by atoms with Crippen LogP contribution in [0.4, 0.5) is 4.39 Å². The highest BCUT2D eigenvalue weighted by Gasteiger charge is 2.15. The molecule has 0 aliphatic rings. The van der Waals surface area contributed by atoms with Crippen LogP contribution in [0.15, 0.2) is 28.9 Å². The van der Waals surface area contributed by atoms with E-state index in [1.807, 2.05) is 0 Å². The molecule has 100 valence electrons. The molecule has 2 aromatic rings. The number of benzene rings is 1. The predicted octanol–water partition coefficient (Wildman–Crippen LogP) is 2.60. The summed E-state index contributed by atoms with van der Waals surface area (Å²) in [5.74, 6) is -1.02. The molecule has 0 bridgehead atoms. The third-order valence-electron chi connectivity index (χ3n) is 2.56. The summed E-state index contributed by atoms with van der Waals surface area (Å²) in [5.41, 5.74) is 0.525. The Kier molecular flexibility index (Phi) is 3.84. The number of aromatic nitrogens is 2. The van der Waals surface area contributed by atoms with Crippen LogP contribution in [0.25, 0.3) is 0 Å². The van der Waals surface area contributed by atoms with Gasteiger partial charge in [-0.2, -0.15) is 5.10 Å². The quantitative estimate of drug-likeness (QED) is 0.936. The van der Waals surface area contributed by atoms with Crippen molar-refractivity contribution in [1.82, 2.24) is 9.78 Å². The van der Waals surface area contributed by atoms with Crippen molar-refractivity contribution >= 4 is 21.9 Å². The molecule has 0 atom stereocenters. The normalized spacial score (nSPS) is 10.5. The number of carboxylic acids is 1. The van der Waals surface area contributed by atoms with Crippen LogP contribution in [0.1, 0.15) is 16.1 Å². The van der Waals surface area contributed by atoms with Crippen molar-refractivity contribution < 1.29 is 19.0 Å². The predicted molar refractivity (Wildman–Crippen MR) is 68.6 cm³/mol. The molecule has 5 nitrogen and oxygen atoms in total. The molecule has 0 saturated carbocycles. The van der Waals surface area contributed by atoms with Gasteiger partial charge in [0.05, 0.1) is 16.4 Å². The van der Waals surface area contributed by atoms with Crippen LogP contribution in [0.2, 0.25) is 0 Å². The number of nitrogens with zero attached hydrogens (tertiary/aromatic N) is 2. The molecule has 1 heterocycles. The molecule has 2 rings (SSSR count). The van der Waals surface area contributed by atoms with Gasteiger partial charge in [-0.05, 0) is 34.1 Å².